The SMILES string of the molecule is Cc1ccc(NC(=O)[C@@H](C)OC(=O)[C@@H]2CCCO2)cc1F. The van der Waals surface area contributed by atoms with Gasteiger partial charge in [-0.3, -0.25) is 4.79 Å². The lowest BCUT2D eigenvalue weighted by atomic mass is 10.2. The fraction of sp³-hybridized carbons (Fsp3) is 0.467. The topological polar surface area (TPSA) is 64.6 Å². The average Bonchev–Trinajstić information content (AvgIpc) is 2.97. The summed E-state index contributed by atoms with van der Waals surface area (Å²) in [5, 5.41) is 2.51. The molecule has 1 aliphatic rings. The number of hydrogen-bond donors (Lipinski definition) is 1. The Balaban J connectivity index is 1.89. The first-order valence-electron chi connectivity index (χ1n) is 6.86. The summed E-state index contributed by atoms with van der Waals surface area (Å²) in [7, 11) is 0. The van der Waals surface area contributed by atoms with Crippen LogP contribution < -0.4 is 5.32 Å². The van der Waals surface area contributed by atoms with Gasteiger partial charge in [-0.05, 0) is 44.4 Å². The van der Waals surface area contributed by atoms with Crippen LogP contribution in [0.1, 0.15) is 25.3 Å². The Morgan fingerprint density at radius 3 is 2.86 bits per heavy atom. The van der Waals surface area contributed by atoms with Crippen LogP contribution in [0.2, 0.25) is 0 Å². The van der Waals surface area contributed by atoms with E-state index >= 15 is 0 Å². The predicted octanol–water partition coefficient (Wildman–Crippen LogP) is 2.18. The van der Waals surface area contributed by atoms with Crippen LogP contribution in [0.15, 0.2) is 18.2 Å². The van der Waals surface area contributed by atoms with Gasteiger partial charge in [-0.2, -0.15) is 0 Å². The molecule has 0 aliphatic carbocycles. The summed E-state index contributed by atoms with van der Waals surface area (Å²) in [6.45, 7) is 3.63. The summed E-state index contributed by atoms with van der Waals surface area (Å²) in [4.78, 5) is 23.6. The molecule has 1 N–H and O–H groups in total. The van der Waals surface area contributed by atoms with Crippen molar-refractivity contribution < 1.29 is 23.5 Å². The molecule has 1 aromatic rings. The van der Waals surface area contributed by atoms with Gasteiger partial charge in [0, 0.05) is 12.3 Å². The van der Waals surface area contributed by atoms with Crippen molar-refractivity contribution in [3.63, 3.8) is 0 Å². The normalized spacial score (nSPS) is 19.1. The standard InChI is InChI=1S/C15H18FNO4/c1-9-5-6-11(8-12(9)16)17-14(18)10(2)21-15(19)13-4-3-7-20-13/h5-6,8,10,13H,3-4,7H2,1-2H3,(H,17,18)/t10-,13+/m1/s1. The number of nitrogens with one attached hydrogen (secondary N) is 1. The minimum atomic E-state index is -0.967. The largest absolute Gasteiger partial charge is 0.451 e. The van der Waals surface area contributed by atoms with Gasteiger partial charge in [0.05, 0.1) is 0 Å². The molecule has 114 valence electrons. The number of benzene rings is 1. The molecule has 5 nitrogen and oxygen atoms in total. The van der Waals surface area contributed by atoms with Crippen molar-refractivity contribution in [2.75, 3.05) is 11.9 Å². The Morgan fingerprint density at radius 1 is 1.48 bits per heavy atom. The van der Waals surface area contributed by atoms with E-state index in [0.717, 1.165) is 6.42 Å². The molecule has 2 rings (SSSR count). The zero-order valence-electron chi connectivity index (χ0n) is 12.0. The van der Waals surface area contributed by atoms with Crippen LogP contribution in [0.25, 0.3) is 0 Å². The summed E-state index contributed by atoms with van der Waals surface area (Å²) >= 11 is 0. The first kappa shape index (κ1) is 15.4. The summed E-state index contributed by atoms with van der Waals surface area (Å²) in [5.74, 6) is -1.45. The average molecular weight is 295 g/mol. The summed E-state index contributed by atoms with van der Waals surface area (Å²) in [5.41, 5.74) is 0.814. The number of ether oxygens (including phenoxy) is 2. The van der Waals surface area contributed by atoms with Gasteiger partial charge in [-0.25, -0.2) is 9.18 Å². The van der Waals surface area contributed by atoms with Crippen molar-refractivity contribution in [1.29, 1.82) is 0 Å². The van der Waals surface area contributed by atoms with Crippen molar-refractivity contribution in [3.05, 3.63) is 29.6 Å². The number of carbonyl (C=O) groups is 2. The van der Waals surface area contributed by atoms with Gasteiger partial charge in [0.2, 0.25) is 0 Å². The molecule has 0 unspecified atom stereocenters. The highest BCUT2D eigenvalue weighted by atomic mass is 19.1. The van der Waals surface area contributed by atoms with Gasteiger partial charge in [-0.1, -0.05) is 6.07 Å². The Bertz CT molecular complexity index is 540. The van der Waals surface area contributed by atoms with E-state index in [0.29, 0.717) is 24.3 Å². The zero-order chi connectivity index (χ0) is 15.4. The van der Waals surface area contributed by atoms with Crippen molar-refractivity contribution in [2.24, 2.45) is 0 Å². The summed E-state index contributed by atoms with van der Waals surface area (Å²) in [6.07, 6.45) is -0.137. The van der Waals surface area contributed by atoms with Crippen LogP contribution in [0.4, 0.5) is 10.1 Å². The van der Waals surface area contributed by atoms with Gasteiger partial charge in [0.15, 0.2) is 12.2 Å². The predicted molar refractivity (Wildman–Crippen MR) is 74.3 cm³/mol. The van der Waals surface area contributed by atoms with E-state index in [1.54, 1.807) is 19.1 Å². The lowest BCUT2D eigenvalue weighted by molar-refractivity contribution is -0.162. The number of hydrogen-bond acceptors (Lipinski definition) is 4. The van der Waals surface area contributed by atoms with E-state index in [-0.39, 0.29) is 0 Å². The molecule has 0 spiro atoms. The highest BCUT2D eigenvalue weighted by molar-refractivity contribution is 5.95. The van der Waals surface area contributed by atoms with Crippen molar-refractivity contribution in [1.82, 2.24) is 0 Å². The van der Waals surface area contributed by atoms with Crippen molar-refractivity contribution >= 4 is 17.6 Å². The second kappa shape index (κ2) is 6.67. The minimum absolute atomic E-state index is 0.322. The molecule has 6 heteroatoms. The smallest absolute Gasteiger partial charge is 0.336 e. The highest BCUT2D eigenvalue weighted by Crippen LogP contribution is 2.16. The third-order valence-corrected chi connectivity index (χ3v) is 3.29. The molecular formula is C15H18FNO4. The number of anilines is 1. The third-order valence-electron chi connectivity index (χ3n) is 3.29. The van der Waals surface area contributed by atoms with Crippen molar-refractivity contribution in [3.8, 4) is 0 Å². The molecular weight excluding hydrogens is 277 g/mol. The zero-order valence-corrected chi connectivity index (χ0v) is 12.0. The van der Waals surface area contributed by atoms with E-state index in [9.17, 15) is 14.0 Å². The molecule has 1 amide bonds. The van der Waals surface area contributed by atoms with Crippen LogP contribution >= 0.6 is 0 Å². The monoisotopic (exact) mass is 295 g/mol. The van der Waals surface area contributed by atoms with Gasteiger partial charge in [-0.15, -0.1) is 0 Å². The van der Waals surface area contributed by atoms with Gasteiger partial charge >= 0.3 is 5.97 Å². The Morgan fingerprint density at radius 2 is 2.24 bits per heavy atom. The fourth-order valence-corrected chi connectivity index (χ4v) is 1.98. The summed E-state index contributed by atoms with van der Waals surface area (Å²) in [6, 6.07) is 4.38. The van der Waals surface area contributed by atoms with Crippen LogP contribution in [0.3, 0.4) is 0 Å². The maximum Gasteiger partial charge on any atom is 0.336 e. The summed E-state index contributed by atoms with van der Waals surface area (Å²) < 4.78 is 23.6. The van der Waals surface area contributed by atoms with Gasteiger partial charge in [0.25, 0.3) is 5.91 Å². The first-order chi connectivity index (χ1) is 9.97. The number of halogens is 1. The number of amides is 1. The molecule has 21 heavy (non-hydrogen) atoms. The molecule has 2 atom stereocenters. The maximum atomic E-state index is 13.4. The first-order valence-corrected chi connectivity index (χ1v) is 6.86. The van der Waals surface area contributed by atoms with Crippen LogP contribution in [0, 0.1) is 12.7 Å². The highest BCUT2D eigenvalue weighted by Gasteiger charge is 2.28. The molecule has 1 aliphatic heterocycles. The van der Waals surface area contributed by atoms with E-state index in [1.165, 1.54) is 13.0 Å². The van der Waals surface area contributed by atoms with Crippen molar-refractivity contribution in [2.45, 2.75) is 38.9 Å². The Hall–Kier alpha value is -1.95. The molecule has 1 saturated heterocycles. The van der Waals surface area contributed by atoms with Crippen LogP contribution in [-0.4, -0.2) is 30.7 Å². The molecule has 1 heterocycles. The van der Waals surface area contributed by atoms with Gasteiger partial charge in [0.1, 0.15) is 5.82 Å². The second-order valence-electron chi connectivity index (χ2n) is 5.03. The van der Waals surface area contributed by atoms with Gasteiger partial charge < -0.3 is 14.8 Å². The number of carbonyl (C=O) groups excluding carboxylic acids is 2. The number of rotatable bonds is 4. The number of aryl methyl sites for hydroxylation is 1. The molecule has 0 saturated carbocycles. The lowest BCUT2D eigenvalue weighted by Gasteiger charge is -2.16. The third kappa shape index (κ3) is 4.01. The van der Waals surface area contributed by atoms with E-state index in [1.807, 2.05) is 0 Å². The van der Waals surface area contributed by atoms with Crippen LogP contribution in [0.5, 0.6) is 0 Å². The minimum Gasteiger partial charge on any atom is -0.451 e. The van der Waals surface area contributed by atoms with Crippen LogP contribution in [-0.2, 0) is 19.1 Å². The van der Waals surface area contributed by atoms with E-state index < -0.39 is 29.9 Å². The molecule has 1 aromatic carbocycles. The lowest BCUT2D eigenvalue weighted by Crippen LogP contribution is -2.34. The quantitative estimate of drug-likeness (QED) is 0.865. The molecule has 0 radical (unpaired) electrons. The molecule has 1 fully saturated rings. The Labute approximate surface area is 122 Å². The Kier molecular flexibility index (Phi) is 4.90. The molecule has 0 bridgehead atoms. The second-order valence-corrected chi connectivity index (χ2v) is 5.03. The molecule has 0 aromatic heterocycles. The number of esters is 1. The fourth-order valence-electron chi connectivity index (χ4n) is 1.98. The van der Waals surface area contributed by atoms with E-state index in [4.69, 9.17) is 9.47 Å². The van der Waals surface area contributed by atoms with E-state index in [2.05, 4.69) is 5.32 Å². The maximum absolute atomic E-state index is 13.4.